The van der Waals surface area contributed by atoms with Crippen LogP contribution in [-0.4, -0.2) is 26.9 Å². The highest BCUT2D eigenvalue weighted by Crippen LogP contribution is 2.42. The van der Waals surface area contributed by atoms with Gasteiger partial charge in [-0.1, -0.05) is 11.6 Å². The lowest BCUT2D eigenvalue weighted by Gasteiger charge is -2.36. The molecule has 0 bridgehead atoms. The number of hydrogen-bond acceptors (Lipinski definition) is 4. The van der Waals surface area contributed by atoms with Gasteiger partial charge < -0.3 is 19.9 Å². The van der Waals surface area contributed by atoms with Crippen LogP contribution in [0.2, 0.25) is 5.02 Å². The molecule has 1 aliphatic rings. The molecule has 4 nitrogen and oxygen atoms in total. The van der Waals surface area contributed by atoms with Crippen molar-refractivity contribution >= 4 is 11.6 Å². The minimum atomic E-state index is -0.0871. The molecule has 0 aliphatic heterocycles. The summed E-state index contributed by atoms with van der Waals surface area (Å²) in [5.41, 5.74) is 7.27. The maximum atomic E-state index is 6.34. The smallest absolute Gasteiger partial charge is 0.146 e. The predicted octanol–water partition coefficient (Wildman–Crippen LogP) is 3.56. The minimum absolute atomic E-state index is 0.0871. The molecule has 118 valence electrons. The van der Waals surface area contributed by atoms with Crippen LogP contribution >= 0.6 is 11.6 Å². The Morgan fingerprint density at radius 2 is 2.00 bits per heavy atom. The first kappa shape index (κ1) is 16.4. The number of rotatable bonds is 7. The van der Waals surface area contributed by atoms with Crippen LogP contribution in [0.3, 0.4) is 0 Å². The first-order chi connectivity index (χ1) is 10.1. The maximum Gasteiger partial charge on any atom is 0.146 e. The summed E-state index contributed by atoms with van der Waals surface area (Å²) in [6.45, 7) is 2.81. The lowest BCUT2D eigenvalue weighted by molar-refractivity contribution is -0.0282. The Kier molecular flexibility index (Phi) is 5.73. The SMILES string of the molecule is CCOC1CC(CC(N)c2ccc(OC)c(Cl)c2OC)C1. The molecule has 2 rings (SSSR count). The fourth-order valence-corrected chi connectivity index (χ4v) is 3.26. The van der Waals surface area contributed by atoms with Crippen LogP contribution in [0.15, 0.2) is 12.1 Å². The van der Waals surface area contributed by atoms with Crippen LogP contribution in [0.5, 0.6) is 11.5 Å². The fourth-order valence-electron chi connectivity index (χ4n) is 2.93. The van der Waals surface area contributed by atoms with Crippen LogP contribution in [0.25, 0.3) is 0 Å². The molecule has 0 radical (unpaired) electrons. The van der Waals surface area contributed by atoms with Crippen molar-refractivity contribution in [2.45, 2.75) is 38.3 Å². The monoisotopic (exact) mass is 313 g/mol. The van der Waals surface area contributed by atoms with Crippen molar-refractivity contribution in [1.29, 1.82) is 0 Å². The molecule has 5 heteroatoms. The van der Waals surface area contributed by atoms with Gasteiger partial charge in [-0.25, -0.2) is 0 Å². The first-order valence-corrected chi connectivity index (χ1v) is 7.76. The number of nitrogens with two attached hydrogens (primary N) is 1. The number of ether oxygens (including phenoxy) is 3. The fraction of sp³-hybridized carbons (Fsp3) is 0.625. The van der Waals surface area contributed by atoms with E-state index >= 15 is 0 Å². The molecule has 1 unspecified atom stereocenters. The predicted molar refractivity (Wildman–Crippen MR) is 84.2 cm³/mol. The highest BCUT2D eigenvalue weighted by Gasteiger charge is 2.31. The molecule has 0 heterocycles. The summed E-state index contributed by atoms with van der Waals surface area (Å²) in [4.78, 5) is 0. The quantitative estimate of drug-likeness (QED) is 0.836. The largest absolute Gasteiger partial charge is 0.495 e. The van der Waals surface area contributed by atoms with E-state index in [4.69, 9.17) is 31.5 Å². The molecule has 1 saturated carbocycles. The number of benzene rings is 1. The van der Waals surface area contributed by atoms with E-state index in [9.17, 15) is 0 Å². The van der Waals surface area contributed by atoms with Crippen molar-refractivity contribution in [3.8, 4) is 11.5 Å². The molecule has 2 N–H and O–H groups in total. The lowest BCUT2D eigenvalue weighted by Crippen LogP contribution is -2.33. The maximum absolute atomic E-state index is 6.34. The van der Waals surface area contributed by atoms with Gasteiger partial charge in [-0.05, 0) is 44.2 Å². The Morgan fingerprint density at radius 3 is 2.57 bits per heavy atom. The third-order valence-corrected chi connectivity index (χ3v) is 4.46. The molecule has 0 aromatic heterocycles. The number of hydrogen-bond donors (Lipinski definition) is 1. The Labute approximate surface area is 131 Å². The zero-order valence-corrected chi connectivity index (χ0v) is 13.7. The molecule has 0 spiro atoms. The zero-order valence-electron chi connectivity index (χ0n) is 12.9. The van der Waals surface area contributed by atoms with E-state index in [1.165, 1.54) is 0 Å². The summed E-state index contributed by atoms with van der Waals surface area (Å²) in [7, 11) is 3.19. The standard InChI is InChI=1S/C16H24ClNO3/c1-4-21-11-7-10(8-11)9-13(18)12-5-6-14(19-2)15(17)16(12)20-3/h5-6,10-11,13H,4,7-9,18H2,1-3H3. The van der Waals surface area contributed by atoms with Crippen molar-refractivity contribution in [1.82, 2.24) is 0 Å². The van der Waals surface area contributed by atoms with Crippen LogP contribution in [0.4, 0.5) is 0 Å². The van der Waals surface area contributed by atoms with Gasteiger partial charge in [-0.15, -0.1) is 0 Å². The van der Waals surface area contributed by atoms with Gasteiger partial charge in [0.25, 0.3) is 0 Å². The molecule has 1 aliphatic carbocycles. The van der Waals surface area contributed by atoms with Gasteiger partial charge in [0, 0.05) is 18.2 Å². The minimum Gasteiger partial charge on any atom is -0.495 e. The molecular weight excluding hydrogens is 290 g/mol. The van der Waals surface area contributed by atoms with Gasteiger partial charge in [0.05, 0.1) is 20.3 Å². The summed E-state index contributed by atoms with van der Waals surface area (Å²) < 4.78 is 16.2. The van der Waals surface area contributed by atoms with E-state index in [1.807, 2.05) is 19.1 Å². The van der Waals surface area contributed by atoms with E-state index in [2.05, 4.69) is 0 Å². The van der Waals surface area contributed by atoms with Crippen molar-refractivity contribution in [3.05, 3.63) is 22.7 Å². The van der Waals surface area contributed by atoms with E-state index in [0.29, 0.717) is 28.5 Å². The van der Waals surface area contributed by atoms with Gasteiger partial charge in [-0.2, -0.15) is 0 Å². The van der Waals surface area contributed by atoms with Gasteiger partial charge in [0.2, 0.25) is 0 Å². The first-order valence-electron chi connectivity index (χ1n) is 7.38. The van der Waals surface area contributed by atoms with Crippen molar-refractivity contribution in [2.75, 3.05) is 20.8 Å². The average Bonchev–Trinajstić information content (AvgIpc) is 2.44. The summed E-state index contributed by atoms with van der Waals surface area (Å²) in [6, 6.07) is 3.69. The van der Waals surface area contributed by atoms with E-state index in [1.54, 1.807) is 14.2 Å². The van der Waals surface area contributed by atoms with Gasteiger partial charge >= 0.3 is 0 Å². The van der Waals surface area contributed by atoms with Crippen LogP contribution in [0, 0.1) is 5.92 Å². The number of halogens is 1. The van der Waals surface area contributed by atoms with Crippen molar-refractivity contribution in [2.24, 2.45) is 11.7 Å². The molecule has 0 amide bonds. The second-order valence-electron chi connectivity index (χ2n) is 5.46. The second kappa shape index (κ2) is 7.34. The Bertz CT molecular complexity index is 475. The molecule has 1 atom stereocenters. The highest BCUT2D eigenvalue weighted by atomic mass is 35.5. The van der Waals surface area contributed by atoms with Gasteiger partial charge in [-0.3, -0.25) is 0 Å². The normalized spacial score (nSPS) is 22.5. The number of methoxy groups -OCH3 is 2. The Balaban J connectivity index is 2.03. The molecule has 1 aromatic carbocycles. The van der Waals surface area contributed by atoms with E-state index < -0.39 is 0 Å². The van der Waals surface area contributed by atoms with Crippen LogP contribution < -0.4 is 15.2 Å². The van der Waals surface area contributed by atoms with Gasteiger partial charge in [0.15, 0.2) is 0 Å². The van der Waals surface area contributed by atoms with E-state index in [0.717, 1.165) is 31.4 Å². The van der Waals surface area contributed by atoms with Crippen molar-refractivity contribution < 1.29 is 14.2 Å². The zero-order chi connectivity index (χ0) is 15.4. The molecule has 1 aromatic rings. The van der Waals surface area contributed by atoms with E-state index in [-0.39, 0.29) is 6.04 Å². The van der Waals surface area contributed by atoms with Crippen molar-refractivity contribution in [3.63, 3.8) is 0 Å². The van der Waals surface area contributed by atoms with Crippen LogP contribution in [0.1, 0.15) is 37.8 Å². The summed E-state index contributed by atoms with van der Waals surface area (Å²) >= 11 is 6.28. The molecule has 1 fully saturated rings. The third kappa shape index (κ3) is 3.62. The van der Waals surface area contributed by atoms with Gasteiger partial charge in [0.1, 0.15) is 16.5 Å². The lowest BCUT2D eigenvalue weighted by atomic mass is 9.77. The Morgan fingerprint density at radius 1 is 1.29 bits per heavy atom. The average molecular weight is 314 g/mol. The summed E-state index contributed by atoms with van der Waals surface area (Å²) in [6.07, 6.45) is 3.51. The molecular formula is C16H24ClNO3. The topological polar surface area (TPSA) is 53.7 Å². The highest BCUT2D eigenvalue weighted by molar-refractivity contribution is 6.33. The second-order valence-corrected chi connectivity index (χ2v) is 5.84. The summed E-state index contributed by atoms with van der Waals surface area (Å²) in [5.74, 6) is 1.83. The molecule has 21 heavy (non-hydrogen) atoms. The summed E-state index contributed by atoms with van der Waals surface area (Å²) in [5, 5.41) is 0.480. The Hall–Kier alpha value is -0.970. The van der Waals surface area contributed by atoms with Crippen LogP contribution in [-0.2, 0) is 4.74 Å². The molecule has 0 saturated heterocycles. The third-order valence-electron chi connectivity index (χ3n) is 4.10.